The molecule has 2 saturated heterocycles. The molecule has 0 aromatic heterocycles. The van der Waals surface area contributed by atoms with E-state index in [0.717, 1.165) is 31.6 Å². The van der Waals surface area contributed by atoms with Gasteiger partial charge in [0.2, 0.25) is 11.8 Å². The lowest BCUT2D eigenvalue weighted by atomic mass is 10.0. The average Bonchev–Trinajstić information content (AvgIpc) is 3.24. The topological polar surface area (TPSA) is 70.7 Å². The number of nitrogens with zero attached hydrogens (tertiary/aromatic N) is 1. The molecule has 2 N–H and O–H groups in total. The van der Waals surface area contributed by atoms with Crippen molar-refractivity contribution in [2.24, 2.45) is 5.92 Å². The van der Waals surface area contributed by atoms with Crippen LogP contribution in [-0.2, 0) is 9.59 Å². The van der Waals surface area contributed by atoms with Crippen molar-refractivity contribution in [2.45, 2.75) is 31.7 Å². The number of halogens is 1. The molecule has 2 heterocycles. The lowest BCUT2D eigenvalue weighted by Crippen LogP contribution is -2.41. The first-order valence-electron chi connectivity index (χ1n) is 8.63. The van der Waals surface area contributed by atoms with Gasteiger partial charge in [0.1, 0.15) is 11.8 Å². The van der Waals surface area contributed by atoms with E-state index in [4.69, 9.17) is 4.74 Å². The minimum Gasteiger partial charge on any atom is -0.495 e. The Labute approximate surface area is 154 Å². The minimum atomic E-state index is -0.427. The van der Waals surface area contributed by atoms with Gasteiger partial charge in [0, 0.05) is 13.0 Å². The second-order valence-corrected chi connectivity index (χ2v) is 6.47. The van der Waals surface area contributed by atoms with Crippen molar-refractivity contribution in [1.82, 2.24) is 10.6 Å². The van der Waals surface area contributed by atoms with Crippen LogP contribution in [0, 0.1) is 5.92 Å². The third-order valence-corrected chi connectivity index (χ3v) is 4.86. The number of anilines is 1. The van der Waals surface area contributed by atoms with Crippen molar-refractivity contribution in [3.8, 4) is 5.75 Å². The van der Waals surface area contributed by atoms with Crippen LogP contribution in [-0.4, -0.2) is 44.6 Å². The summed E-state index contributed by atoms with van der Waals surface area (Å²) in [6.07, 6.45) is 3.14. The van der Waals surface area contributed by atoms with Crippen molar-refractivity contribution in [2.75, 3.05) is 31.6 Å². The number of nitrogens with one attached hydrogen (secondary N) is 2. The smallest absolute Gasteiger partial charge is 0.249 e. The maximum atomic E-state index is 12.6. The maximum Gasteiger partial charge on any atom is 0.249 e. The number of ether oxygens (including phenoxy) is 1. The summed E-state index contributed by atoms with van der Waals surface area (Å²) in [7, 11) is 1.59. The zero-order valence-electron chi connectivity index (χ0n) is 14.5. The molecular weight excluding hydrogens is 342 g/mol. The summed E-state index contributed by atoms with van der Waals surface area (Å²) in [4.78, 5) is 26.5. The van der Waals surface area contributed by atoms with Crippen molar-refractivity contribution in [1.29, 1.82) is 0 Å². The van der Waals surface area contributed by atoms with E-state index in [1.54, 1.807) is 12.0 Å². The number of benzene rings is 1. The zero-order chi connectivity index (χ0) is 16.9. The third kappa shape index (κ3) is 4.64. The van der Waals surface area contributed by atoms with Gasteiger partial charge in [-0.05, 0) is 50.4 Å². The monoisotopic (exact) mass is 367 g/mol. The highest BCUT2D eigenvalue weighted by atomic mass is 35.5. The molecule has 2 atom stereocenters. The van der Waals surface area contributed by atoms with Gasteiger partial charge in [-0.3, -0.25) is 9.59 Å². The highest BCUT2D eigenvalue weighted by molar-refractivity contribution is 6.02. The molecule has 2 aliphatic rings. The Hall–Kier alpha value is -1.79. The summed E-state index contributed by atoms with van der Waals surface area (Å²) in [5.41, 5.74) is 0.763. The van der Waals surface area contributed by atoms with Gasteiger partial charge < -0.3 is 20.3 Å². The average molecular weight is 368 g/mol. The molecule has 2 aliphatic heterocycles. The van der Waals surface area contributed by atoms with E-state index < -0.39 is 6.04 Å². The van der Waals surface area contributed by atoms with Crippen LogP contribution in [0.5, 0.6) is 5.75 Å². The summed E-state index contributed by atoms with van der Waals surface area (Å²) in [5.74, 6) is 1.17. The fraction of sp³-hybridized carbons (Fsp3) is 0.556. The van der Waals surface area contributed by atoms with Crippen molar-refractivity contribution in [3.05, 3.63) is 24.3 Å². The van der Waals surface area contributed by atoms with E-state index in [2.05, 4.69) is 10.6 Å². The first-order chi connectivity index (χ1) is 11.7. The van der Waals surface area contributed by atoms with Gasteiger partial charge >= 0.3 is 0 Å². The third-order valence-electron chi connectivity index (χ3n) is 4.86. The van der Waals surface area contributed by atoms with Gasteiger partial charge in [0.15, 0.2) is 0 Å². The van der Waals surface area contributed by atoms with Gasteiger partial charge in [0.25, 0.3) is 0 Å². The second kappa shape index (κ2) is 9.06. The Kier molecular flexibility index (Phi) is 7.08. The molecule has 138 valence electrons. The fourth-order valence-electron chi connectivity index (χ4n) is 3.47. The lowest BCUT2D eigenvalue weighted by Gasteiger charge is -2.19. The standard InChI is InChI=1S/C18H25N3O3.ClH/c1-24-16-5-3-2-4-15(16)21-11-9-14(18(21)23)20-17(22)7-6-13-8-10-19-12-13;/h2-5,13-14,19H,6-12H2,1H3,(H,20,22);1H. The molecule has 0 aliphatic carbocycles. The molecule has 0 saturated carbocycles. The van der Waals surface area contributed by atoms with E-state index in [0.29, 0.717) is 31.1 Å². The van der Waals surface area contributed by atoms with Crippen LogP contribution in [0.1, 0.15) is 25.7 Å². The number of para-hydroxylation sites is 2. The molecule has 3 rings (SSSR count). The van der Waals surface area contributed by atoms with Crippen LogP contribution in [0.4, 0.5) is 5.69 Å². The normalized spacial score (nSPS) is 22.6. The number of methoxy groups -OCH3 is 1. The van der Waals surface area contributed by atoms with E-state index in [1.807, 2.05) is 24.3 Å². The maximum absolute atomic E-state index is 12.6. The van der Waals surface area contributed by atoms with Crippen molar-refractivity contribution < 1.29 is 14.3 Å². The number of rotatable bonds is 6. The molecule has 7 heteroatoms. The number of hydrogen-bond donors (Lipinski definition) is 2. The fourth-order valence-corrected chi connectivity index (χ4v) is 3.47. The van der Waals surface area contributed by atoms with Gasteiger partial charge in [-0.25, -0.2) is 0 Å². The predicted octanol–water partition coefficient (Wildman–Crippen LogP) is 1.73. The molecular formula is C18H26ClN3O3. The van der Waals surface area contributed by atoms with E-state index in [1.165, 1.54) is 0 Å². The van der Waals surface area contributed by atoms with Crippen molar-refractivity contribution in [3.63, 3.8) is 0 Å². The molecule has 1 aromatic rings. The summed E-state index contributed by atoms with van der Waals surface area (Å²) < 4.78 is 5.33. The van der Waals surface area contributed by atoms with Gasteiger partial charge in [-0.1, -0.05) is 12.1 Å². The number of carbonyl (C=O) groups is 2. The van der Waals surface area contributed by atoms with Crippen LogP contribution in [0.3, 0.4) is 0 Å². The van der Waals surface area contributed by atoms with E-state index in [-0.39, 0.29) is 24.2 Å². The Morgan fingerprint density at radius 2 is 2.16 bits per heavy atom. The number of carbonyl (C=O) groups excluding carboxylic acids is 2. The highest BCUT2D eigenvalue weighted by Crippen LogP contribution is 2.31. The second-order valence-electron chi connectivity index (χ2n) is 6.47. The Morgan fingerprint density at radius 1 is 1.36 bits per heavy atom. The molecule has 0 spiro atoms. The first-order valence-corrected chi connectivity index (χ1v) is 8.63. The summed E-state index contributed by atoms with van der Waals surface area (Å²) in [5, 5.41) is 6.21. The van der Waals surface area contributed by atoms with Crippen LogP contribution >= 0.6 is 12.4 Å². The largest absolute Gasteiger partial charge is 0.495 e. The van der Waals surface area contributed by atoms with Crippen LogP contribution < -0.4 is 20.3 Å². The molecule has 2 unspecified atom stereocenters. The number of hydrogen-bond acceptors (Lipinski definition) is 4. The molecule has 6 nitrogen and oxygen atoms in total. The first kappa shape index (κ1) is 19.5. The molecule has 2 fully saturated rings. The van der Waals surface area contributed by atoms with Gasteiger partial charge in [-0.15, -0.1) is 12.4 Å². The predicted molar refractivity (Wildman–Crippen MR) is 99.4 cm³/mol. The Bertz CT molecular complexity index is 605. The lowest BCUT2D eigenvalue weighted by molar-refractivity contribution is -0.126. The molecule has 0 bridgehead atoms. The summed E-state index contributed by atoms with van der Waals surface area (Å²) in [6, 6.07) is 7.04. The van der Waals surface area contributed by atoms with Crippen molar-refractivity contribution >= 4 is 29.9 Å². The van der Waals surface area contributed by atoms with E-state index >= 15 is 0 Å². The van der Waals surface area contributed by atoms with Crippen LogP contribution in [0.15, 0.2) is 24.3 Å². The SMILES string of the molecule is COc1ccccc1N1CCC(NC(=O)CCC2CCNC2)C1=O.Cl. The van der Waals surface area contributed by atoms with Gasteiger partial charge in [-0.2, -0.15) is 0 Å². The Morgan fingerprint density at radius 3 is 2.88 bits per heavy atom. The Balaban J connectivity index is 0.00000225. The van der Waals surface area contributed by atoms with Crippen LogP contribution in [0.25, 0.3) is 0 Å². The zero-order valence-corrected chi connectivity index (χ0v) is 15.3. The molecule has 1 aromatic carbocycles. The quantitative estimate of drug-likeness (QED) is 0.803. The minimum absolute atomic E-state index is 0. The van der Waals surface area contributed by atoms with Gasteiger partial charge in [0.05, 0.1) is 12.8 Å². The molecule has 25 heavy (non-hydrogen) atoms. The highest BCUT2D eigenvalue weighted by Gasteiger charge is 2.34. The molecule has 0 radical (unpaired) electrons. The summed E-state index contributed by atoms with van der Waals surface area (Å²) >= 11 is 0. The summed E-state index contributed by atoms with van der Waals surface area (Å²) in [6.45, 7) is 2.63. The molecule has 2 amide bonds. The van der Waals surface area contributed by atoms with Crippen LogP contribution in [0.2, 0.25) is 0 Å². The number of amides is 2. The van der Waals surface area contributed by atoms with E-state index in [9.17, 15) is 9.59 Å².